The van der Waals surface area contributed by atoms with E-state index in [1.165, 1.54) is 18.4 Å². The van der Waals surface area contributed by atoms with E-state index in [1.807, 2.05) is 18.4 Å². The van der Waals surface area contributed by atoms with Gasteiger partial charge in [0.2, 0.25) is 0 Å². The highest BCUT2D eigenvalue weighted by Gasteiger charge is 2.50. The molecule has 3 atom stereocenters. The van der Waals surface area contributed by atoms with Crippen LogP contribution in [0.25, 0.3) is 0 Å². The summed E-state index contributed by atoms with van der Waals surface area (Å²) in [5, 5.41) is 1.92. The third-order valence-electron chi connectivity index (χ3n) is 4.65. The first-order valence-electron chi connectivity index (χ1n) is 7.06. The predicted molar refractivity (Wildman–Crippen MR) is 76.7 cm³/mol. The first-order chi connectivity index (χ1) is 9.63. The number of methoxy groups -OCH3 is 1. The molecule has 0 spiro atoms. The van der Waals surface area contributed by atoms with E-state index in [-0.39, 0.29) is 23.8 Å². The van der Waals surface area contributed by atoms with Crippen LogP contribution >= 0.6 is 11.3 Å². The summed E-state index contributed by atoms with van der Waals surface area (Å²) < 4.78 is 4.94. The number of rotatable bonds is 2. The third-order valence-corrected chi connectivity index (χ3v) is 5.65. The molecule has 4 nitrogen and oxygen atoms in total. The normalized spacial score (nSPS) is 28.5. The second-order valence-electron chi connectivity index (χ2n) is 5.71. The van der Waals surface area contributed by atoms with E-state index >= 15 is 0 Å². The van der Waals surface area contributed by atoms with Crippen LogP contribution in [0.5, 0.6) is 0 Å². The van der Waals surface area contributed by atoms with E-state index in [0.717, 1.165) is 29.7 Å². The Hall–Kier alpha value is -1.36. The van der Waals surface area contributed by atoms with Gasteiger partial charge in [-0.05, 0) is 48.6 Å². The Balaban J connectivity index is 1.90. The van der Waals surface area contributed by atoms with Crippen molar-refractivity contribution in [3.8, 4) is 0 Å². The maximum absolute atomic E-state index is 12.7. The molecule has 1 aromatic heterocycles. The van der Waals surface area contributed by atoms with Gasteiger partial charge in [0, 0.05) is 6.54 Å². The van der Waals surface area contributed by atoms with Crippen LogP contribution in [0, 0.1) is 18.8 Å². The molecule has 1 saturated carbocycles. The summed E-state index contributed by atoms with van der Waals surface area (Å²) in [5.74, 6) is 0.472. The Labute approximate surface area is 122 Å². The number of likely N-dealkylation sites (tertiary alicyclic amines) is 1. The highest BCUT2D eigenvalue weighted by Crippen LogP contribution is 2.43. The van der Waals surface area contributed by atoms with E-state index in [0.29, 0.717) is 12.5 Å². The zero-order valence-corrected chi connectivity index (χ0v) is 12.6. The summed E-state index contributed by atoms with van der Waals surface area (Å²) in [7, 11) is 1.41. The van der Waals surface area contributed by atoms with Crippen LogP contribution in [0.1, 0.15) is 34.5 Å². The first kappa shape index (κ1) is 13.6. The molecule has 0 aromatic carbocycles. The van der Waals surface area contributed by atoms with Gasteiger partial charge in [-0.3, -0.25) is 4.79 Å². The van der Waals surface area contributed by atoms with Crippen molar-refractivity contribution in [2.75, 3.05) is 13.7 Å². The van der Waals surface area contributed by atoms with Crippen molar-refractivity contribution in [3.63, 3.8) is 0 Å². The number of hydrogen-bond acceptors (Lipinski definition) is 4. The van der Waals surface area contributed by atoms with Gasteiger partial charge in [-0.2, -0.15) is 0 Å². The number of ether oxygens (including phenoxy) is 1. The van der Waals surface area contributed by atoms with Crippen molar-refractivity contribution in [1.29, 1.82) is 0 Å². The van der Waals surface area contributed by atoms with Gasteiger partial charge in [0.25, 0.3) is 5.91 Å². The molecule has 3 unspecified atom stereocenters. The minimum Gasteiger partial charge on any atom is -0.467 e. The summed E-state index contributed by atoms with van der Waals surface area (Å²) in [5.41, 5.74) is 0.987. The summed E-state index contributed by atoms with van der Waals surface area (Å²) in [6.07, 6.45) is 3.30. The summed E-state index contributed by atoms with van der Waals surface area (Å²) in [6.45, 7) is 2.63. The maximum Gasteiger partial charge on any atom is 0.328 e. The van der Waals surface area contributed by atoms with Crippen molar-refractivity contribution in [2.45, 2.75) is 32.2 Å². The van der Waals surface area contributed by atoms with Crippen molar-refractivity contribution in [1.82, 2.24) is 4.90 Å². The fourth-order valence-electron chi connectivity index (χ4n) is 3.66. The number of carbonyl (C=O) groups is 2. The fourth-order valence-corrected chi connectivity index (χ4v) is 4.54. The van der Waals surface area contributed by atoms with E-state index in [2.05, 4.69) is 0 Å². The lowest BCUT2D eigenvalue weighted by Crippen LogP contribution is -2.43. The molecule has 1 aliphatic carbocycles. The lowest BCUT2D eigenvalue weighted by Gasteiger charge is -2.25. The average Bonchev–Trinajstić information content (AvgIpc) is 3.11. The van der Waals surface area contributed by atoms with Crippen molar-refractivity contribution in [3.05, 3.63) is 21.9 Å². The zero-order valence-electron chi connectivity index (χ0n) is 11.8. The van der Waals surface area contributed by atoms with Crippen LogP contribution in [-0.2, 0) is 9.53 Å². The molecule has 20 heavy (non-hydrogen) atoms. The second-order valence-corrected chi connectivity index (χ2v) is 6.63. The first-order valence-corrected chi connectivity index (χ1v) is 7.94. The summed E-state index contributed by atoms with van der Waals surface area (Å²) >= 11 is 1.45. The van der Waals surface area contributed by atoms with Gasteiger partial charge in [0.1, 0.15) is 6.04 Å². The van der Waals surface area contributed by atoms with Crippen LogP contribution in [0.3, 0.4) is 0 Å². The van der Waals surface area contributed by atoms with E-state index in [9.17, 15) is 9.59 Å². The van der Waals surface area contributed by atoms with Gasteiger partial charge in [-0.1, -0.05) is 6.42 Å². The molecule has 2 heterocycles. The van der Waals surface area contributed by atoms with Crippen LogP contribution < -0.4 is 0 Å². The van der Waals surface area contributed by atoms with Gasteiger partial charge in [-0.15, -0.1) is 11.3 Å². The van der Waals surface area contributed by atoms with Crippen molar-refractivity contribution >= 4 is 23.2 Å². The Bertz CT molecular complexity index is 539. The van der Waals surface area contributed by atoms with Crippen LogP contribution in [0.4, 0.5) is 0 Å². The number of amides is 1. The molecule has 1 aromatic rings. The van der Waals surface area contributed by atoms with E-state index < -0.39 is 0 Å². The minimum absolute atomic E-state index is 0.0118. The van der Waals surface area contributed by atoms with E-state index in [1.54, 1.807) is 4.90 Å². The molecule has 5 heteroatoms. The Morgan fingerprint density at radius 2 is 2.20 bits per heavy atom. The highest BCUT2D eigenvalue weighted by molar-refractivity contribution is 7.12. The quantitative estimate of drug-likeness (QED) is 0.787. The van der Waals surface area contributed by atoms with Crippen molar-refractivity contribution < 1.29 is 14.3 Å². The van der Waals surface area contributed by atoms with Gasteiger partial charge in [0.05, 0.1) is 12.0 Å². The zero-order chi connectivity index (χ0) is 14.3. The molecule has 0 bridgehead atoms. The predicted octanol–water partition coefficient (Wildman–Crippen LogP) is 2.47. The molecule has 2 fully saturated rings. The summed E-state index contributed by atoms with van der Waals surface area (Å²) in [4.78, 5) is 27.3. The molecular formula is C15H19NO3S. The van der Waals surface area contributed by atoms with Crippen LogP contribution in [0.15, 0.2) is 11.4 Å². The van der Waals surface area contributed by atoms with E-state index in [4.69, 9.17) is 4.74 Å². The monoisotopic (exact) mass is 293 g/mol. The average molecular weight is 293 g/mol. The lowest BCUT2D eigenvalue weighted by atomic mass is 9.94. The van der Waals surface area contributed by atoms with Crippen LogP contribution in [-0.4, -0.2) is 36.5 Å². The number of esters is 1. The number of aryl methyl sites for hydroxylation is 1. The fraction of sp³-hybridized carbons (Fsp3) is 0.600. The Kier molecular flexibility index (Phi) is 3.54. The topological polar surface area (TPSA) is 46.6 Å². The number of nitrogens with zero attached hydrogens (tertiary/aromatic N) is 1. The molecule has 1 saturated heterocycles. The standard InChI is InChI=1S/C15H19NO3S/c1-9-6-7-20-13(9)14(17)16-8-10-4-3-5-11(10)12(16)15(18)19-2/h6-7,10-12H,3-5,8H2,1-2H3. The highest BCUT2D eigenvalue weighted by atomic mass is 32.1. The second kappa shape index (κ2) is 5.20. The smallest absolute Gasteiger partial charge is 0.328 e. The van der Waals surface area contributed by atoms with Crippen molar-refractivity contribution in [2.24, 2.45) is 11.8 Å². The van der Waals surface area contributed by atoms with Gasteiger partial charge in [-0.25, -0.2) is 4.79 Å². The number of fused-ring (bicyclic) bond motifs is 1. The Morgan fingerprint density at radius 3 is 2.85 bits per heavy atom. The molecule has 1 aliphatic heterocycles. The van der Waals surface area contributed by atoms with Gasteiger partial charge >= 0.3 is 5.97 Å². The largest absolute Gasteiger partial charge is 0.467 e. The molecule has 0 radical (unpaired) electrons. The number of thiophene rings is 1. The van der Waals surface area contributed by atoms with Gasteiger partial charge in [0.15, 0.2) is 0 Å². The minimum atomic E-state index is -0.388. The molecular weight excluding hydrogens is 274 g/mol. The molecule has 1 amide bonds. The number of carbonyl (C=O) groups excluding carboxylic acids is 2. The lowest BCUT2D eigenvalue weighted by molar-refractivity contribution is -0.146. The molecule has 108 valence electrons. The number of hydrogen-bond donors (Lipinski definition) is 0. The molecule has 2 aliphatic rings. The SMILES string of the molecule is COC(=O)C1C2CCCC2CN1C(=O)c1sccc1C. The molecule has 0 N–H and O–H groups in total. The van der Waals surface area contributed by atoms with Gasteiger partial charge < -0.3 is 9.64 Å². The maximum atomic E-state index is 12.7. The van der Waals surface area contributed by atoms with Crippen LogP contribution in [0.2, 0.25) is 0 Å². The Morgan fingerprint density at radius 1 is 1.40 bits per heavy atom. The summed E-state index contributed by atoms with van der Waals surface area (Å²) in [6, 6.07) is 1.56. The third kappa shape index (κ3) is 2.04. The molecule has 3 rings (SSSR count).